The monoisotopic (exact) mass is 332 g/mol. The Morgan fingerprint density at radius 2 is 1.89 bits per heavy atom. The fourth-order valence-corrected chi connectivity index (χ4v) is 3.80. The smallest absolute Gasteiger partial charge is 0.271 e. The maximum Gasteiger partial charge on any atom is 0.301 e. The van der Waals surface area contributed by atoms with Gasteiger partial charge in [-0.1, -0.05) is 34.1 Å². The van der Waals surface area contributed by atoms with Crippen molar-refractivity contribution in [2.45, 2.75) is 24.6 Å². The van der Waals surface area contributed by atoms with E-state index in [4.69, 9.17) is 0 Å². The highest BCUT2D eigenvalue weighted by atomic mass is 79.9. The van der Waals surface area contributed by atoms with Crippen molar-refractivity contribution in [3.8, 4) is 0 Å². The number of nitrogens with one attached hydrogen (secondary N) is 1. The van der Waals surface area contributed by atoms with Crippen molar-refractivity contribution in [3.05, 3.63) is 29.8 Å². The summed E-state index contributed by atoms with van der Waals surface area (Å²) in [5.41, 5.74) is 1.59. The molecule has 0 spiro atoms. The Labute approximate surface area is 117 Å². The Hall–Kier alpha value is -0.590. The van der Waals surface area contributed by atoms with E-state index in [2.05, 4.69) is 20.7 Å². The first-order valence-corrected chi connectivity index (χ1v) is 8.37. The summed E-state index contributed by atoms with van der Waals surface area (Å²) in [6.45, 7) is 3.20. The van der Waals surface area contributed by atoms with Crippen molar-refractivity contribution in [1.29, 1.82) is 0 Å². The lowest BCUT2D eigenvalue weighted by Gasteiger charge is -2.19. The molecule has 0 aliphatic carbocycles. The van der Waals surface area contributed by atoms with E-state index in [1.807, 2.05) is 25.1 Å². The number of para-hydroxylation sites is 1. The summed E-state index contributed by atoms with van der Waals surface area (Å²) in [6, 6.07) is 7.45. The summed E-state index contributed by atoms with van der Waals surface area (Å²) >= 11 is 3.48. The van der Waals surface area contributed by atoms with Gasteiger partial charge in [-0.05, 0) is 31.4 Å². The third-order valence-corrected chi connectivity index (χ3v) is 5.05. The van der Waals surface area contributed by atoms with E-state index in [1.54, 1.807) is 6.07 Å². The number of rotatable bonds is 4. The third-order valence-electron chi connectivity index (χ3n) is 3.03. The van der Waals surface area contributed by atoms with Gasteiger partial charge < -0.3 is 0 Å². The number of alkyl halides is 1. The Balaban J connectivity index is 2.23. The topological polar surface area (TPSA) is 49.4 Å². The number of halogens is 1. The molecule has 1 heterocycles. The SMILES string of the molecule is CC(Br)c1ccccc1NS(=O)(=O)N1CCCC1. The minimum Gasteiger partial charge on any atom is -0.271 e. The average Bonchev–Trinajstić information content (AvgIpc) is 2.83. The fraction of sp³-hybridized carbons (Fsp3) is 0.500. The first-order chi connectivity index (χ1) is 8.50. The molecule has 0 radical (unpaired) electrons. The summed E-state index contributed by atoms with van der Waals surface area (Å²) in [5, 5.41) is 0. The lowest BCUT2D eigenvalue weighted by atomic mass is 10.1. The molecule has 1 unspecified atom stereocenters. The zero-order chi connectivity index (χ0) is 13.2. The largest absolute Gasteiger partial charge is 0.301 e. The Kier molecular flexibility index (Phi) is 4.29. The van der Waals surface area contributed by atoms with E-state index >= 15 is 0 Å². The second kappa shape index (κ2) is 5.59. The predicted octanol–water partition coefficient (Wildman–Crippen LogP) is 2.90. The van der Waals surface area contributed by atoms with Gasteiger partial charge in [0, 0.05) is 17.9 Å². The quantitative estimate of drug-likeness (QED) is 0.862. The van der Waals surface area contributed by atoms with Crippen LogP contribution in [-0.4, -0.2) is 25.8 Å². The van der Waals surface area contributed by atoms with Crippen LogP contribution in [0.1, 0.15) is 30.2 Å². The van der Waals surface area contributed by atoms with Crippen LogP contribution in [0.4, 0.5) is 5.69 Å². The van der Waals surface area contributed by atoms with Crippen molar-refractivity contribution < 1.29 is 8.42 Å². The molecule has 6 heteroatoms. The summed E-state index contributed by atoms with van der Waals surface area (Å²) in [4.78, 5) is 0.106. The molecule has 1 atom stereocenters. The zero-order valence-electron chi connectivity index (χ0n) is 10.3. The zero-order valence-corrected chi connectivity index (χ0v) is 12.7. The minimum atomic E-state index is -3.41. The van der Waals surface area contributed by atoms with Gasteiger partial charge in [-0.2, -0.15) is 12.7 Å². The lowest BCUT2D eigenvalue weighted by molar-refractivity contribution is 0.482. The van der Waals surface area contributed by atoms with E-state index in [0.29, 0.717) is 18.8 Å². The van der Waals surface area contributed by atoms with Crippen molar-refractivity contribution in [2.75, 3.05) is 17.8 Å². The van der Waals surface area contributed by atoms with Gasteiger partial charge in [-0.15, -0.1) is 0 Å². The Morgan fingerprint density at radius 1 is 1.28 bits per heavy atom. The van der Waals surface area contributed by atoms with Gasteiger partial charge >= 0.3 is 10.2 Å². The van der Waals surface area contributed by atoms with Gasteiger partial charge in [-0.25, -0.2) is 0 Å². The molecule has 1 aliphatic heterocycles. The molecule has 18 heavy (non-hydrogen) atoms. The van der Waals surface area contributed by atoms with Crippen molar-refractivity contribution in [3.63, 3.8) is 0 Å². The highest BCUT2D eigenvalue weighted by Crippen LogP contribution is 2.29. The van der Waals surface area contributed by atoms with Crippen LogP contribution in [0, 0.1) is 0 Å². The fourth-order valence-electron chi connectivity index (χ4n) is 2.07. The lowest BCUT2D eigenvalue weighted by Crippen LogP contribution is -2.33. The number of benzene rings is 1. The molecule has 0 bridgehead atoms. The van der Waals surface area contributed by atoms with Gasteiger partial charge in [-0.3, -0.25) is 4.72 Å². The molecule has 100 valence electrons. The predicted molar refractivity (Wildman–Crippen MR) is 77.1 cm³/mol. The molecule has 1 aromatic rings. The maximum atomic E-state index is 12.2. The van der Waals surface area contributed by atoms with Gasteiger partial charge in [0.2, 0.25) is 0 Å². The van der Waals surface area contributed by atoms with Gasteiger partial charge in [0.05, 0.1) is 5.69 Å². The van der Waals surface area contributed by atoms with Crippen LogP contribution < -0.4 is 4.72 Å². The van der Waals surface area contributed by atoms with Crippen LogP contribution in [0.2, 0.25) is 0 Å². The summed E-state index contributed by atoms with van der Waals surface area (Å²) < 4.78 is 28.5. The van der Waals surface area contributed by atoms with Crippen LogP contribution in [-0.2, 0) is 10.2 Å². The number of hydrogen-bond acceptors (Lipinski definition) is 2. The molecule has 0 saturated carbocycles. The Bertz CT molecular complexity index is 511. The molecule has 0 amide bonds. The second-order valence-electron chi connectivity index (χ2n) is 4.42. The third kappa shape index (κ3) is 3.05. The molecule has 2 rings (SSSR count). The molecule has 1 N–H and O–H groups in total. The van der Waals surface area contributed by atoms with Crippen molar-refractivity contribution >= 4 is 31.8 Å². The van der Waals surface area contributed by atoms with Gasteiger partial charge in [0.1, 0.15) is 0 Å². The molecule has 1 fully saturated rings. The van der Waals surface area contributed by atoms with E-state index in [9.17, 15) is 8.42 Å². The van der Waals surface area contributed by atoms with Crippen LogP contribution in [0.5, 0.6) is 0 Å². The van der Waals surface area contributed by atoms with Crippen LogP contribution in [0.25, 0.3) is 0 Å². The summed E-state index contributed by atoms with van der Waals surface area (Å²) in [5.74, 6) is 0. The van der Waals surface area contributed by atoms with Crippen molar-refractivity contribution in [1.82, 2.24) is 4.31 Å². The van der Waals surface area contributed by atoms with E-state index in [0.717, 1.165) is 18.4 Å². The molecular weight excluding hydrogens is 316 g/mol. The van der Waals surface area contributed by atoms with Gasteiger partial charge in [0.25, 0.3) is 0 Å². The van der Waals surface area contributed by atoms with Gasteiger partial charge in [0.15, 0.2) is 0 Å². The maximum absolute atomic E-state index is 12.2. The highest BCUT2D eigenvalue weighted by Gasteiger charge is 2.25. The number of anilines is 1. The number of nitrogens with zero attached hydrogens (tertiary/aromatic N) is 1. The van der Waals surface area contributed by atoms with Crippen LogP contribution >= 0.6 is 15.9 Å². The summed E-state index contributed by atoms with van der Waals surface area (Å²) in [7, 11) is -3.41. The molecule has 0 aromatic heterocycles. The van der Waals surface area contributed by atoms with Crippen LogP contribution in [0.15, 0.2) is 24.3 Å². The first kappa shape index (κ1) is 13.8. The van der Waals surface area contributed by atoms with E-state index < -0.39 is 10.2 Å². The van der Waals surface area contributed by atoms with Crippen molar-refractivity contribution in [2.24, 2.45) is 0 Å². The van der Waals surface area contributed by atoms with Crippen LogP contribution in [0.3, 0.4) is 0 Å². The normalized spacial score (nSPS) is 18.8. The molecular formula is C12H17BrN2O2S. The second-order valence-corrected chi connectivity index (χ2v) is 7.46. The molecule has 1 saturated heterocycles. The molecule has 4 nitrogen and oxygen atoms in total. The Morgan fingerprint density at radius 3 is 2.50 bits per heavy atom. The molecule has 1 aromatic carbocycles. The number of hydrogen-bond donors (Lipinski definition) is 1. The highest BCUT2D eigenvalue weighted by molar-refractivity contribution is 9.09. The standard InChI is InChI=1S/C12H17BrN2O2S/c1-10(13)11-6-2-3-7-12(11)14-18(16,17)15-8-4-5-9-15/h2-3,6-7,10,14H,4-5,8-9H2,1H3. The summed E-state index contributed by atoms with van der Waals surface area (Å²) in [6.07, 6.45) is 1.88. The minimum absolute atomic E-state index is 0.106. The van der Waals surface area contributed by atoms with E-state index in [-0.39, 0.29) is 4.83 Å². The molecule has 1 aliphatic rings. The van der Waals surface area contributed by atoms with E-state index in [1.165, 1.54) is 4.31 Å². The first-order valence-electron chi connectivity index (χ1n) is 6.01. The average molecular weight is 333 g/mol.